The first-order valence-corrected chi connectivity index (χ1v) is 5.72. The highest BCUT2D eigenvalue weighted by Crippen LogP contribution is 2.18. The second-order valence-electron chi connectivity index (χ2n) is 4.11. The lowest BCUT2D eigenvalue weighted by atomic mass is 10.0. The monoisotopic (exact) mass is 237 g/mol. The van der Waals surface area contributed by atoms with Gasteiger partial charge in [-0.1, -0.05) is 18.2 Å². The molecule has 1 aromatic carbocycles. The quantitative estimate of drug-likeness (QED) is 0.657. The highest BCUT2D eigenvalue weighted by atomic mass is 16.3. The number of rotatable bonds is 3. The van der Waals surface area contributed by atoms with E-state index in [1.54, 1.807) is 24.8 Å². The predicted molar refractivity (Wildman–Crippen MR) is 68.5 cm³/mol. The summed E-state index contributed by atoms with van der Waals surface area (Å²) in [6, 6.07) is 11.2. The van der Waals surface area contributed by atoms with Gasteiger partial charge >= 0.3 is 0 Å². The molecule has 0 N–H and O–H groups in total. The maximum atomic E-state index is 12.3. The number of Topliss-reactive ketones (excluding diaryl/α,β-unsaturated/α-hetero) is 1. The lowest BCUT2D eigenvalue weighted by Crippen LogP contribution is -2.03. The summed E-state index contributed by atoms with van der Waals surface area (Å²) in [6.45, 7) is 0. The summed E-state index contributed by atoms with van der Waals surface area (Å²) in [5.74, 6) is 0.0787. The van der Waals surface area contributed by atoms with Crippen molar-refractivity contribution in [3.63, 3.8) is 0 Å². The number of pyridine rings is 1. The Hall–Kier alpha value is -2.42. The minimum Gasteiger partial charge on any atom is -0.472 e. The molecule has 2 aromatic heterocycles. The van der Waals surface area contributed by atoms with Crippen molar-refractivity contribution in [3.05, 3.63) is 66.2 Å². The average Bonchev–Trinajstić information content (AvgIpc) is 2.91. The fourth-order valence-electron chi connectivity index (χ4n) is 2.02. The molecule has 0 bridgehead atoms. The molecule has 0 amide bonds. The lowest BCUT2D eigenvalue weighted by molar-refractivity contribution is 0.0994. The SMILES string of the molecule is O=C(Cc1ccoc1)c1cccc2ncccc12. The molecule has 18 heavy (non-hydrogen) atoms. The number of aromatic nitrogens is 1. The zero-order valence-corrected chi connectivity index (χ0v) is 9.67. The van der Waals surface area contributed by atoms with Gasteiger partial charge in [-0.15, -0.1) is 0 Å². The number of hydrogen-bond donors (Lipinski definition) is 0. The summed E-state index contributed by atoms with van der Waals surface area (Å²) in [7, 11) is 0. The number of carbonyl (C=O) groups excluding carboxylic acids is 1. The van der Waals surface area contributed by atoms with Crippen molar-refractivity contribution in [3.8, 4) is 0 Å². The van der Waals surface area contributed by atoms with Gasteiger partial charge in [-0.25, -0.2) is 0 Å². The Morgan fingerprint density at radius 1 is 1.17 bits per heavy atom. The number of ketones is 1. The summed E-state index contributed by atoms with van der Waals surface area (Å²) in [5, 5.41) is 0.897. The number of furan rings is 1. The minimum absolute atomic E-state index is 0.0787. The molecule has 0 aliphatic heterocycles. The van der Waals surface area contributed by atoms with Gasteiger partial charge in [-0.2, -0.15) is 0 Å². The standard InChI is InChI=1S/C15H11NO2/c17-15(9-11-6-8-18-10-11)13-3-1-5-14-12(13)4-2-7-16-14/h1-8,10H,9H2. The van der Waals surface area contributed by atoms with Gasteiger partial charge < -0.3 is 4.42 Å². The van der Waals surface area contributed by atoms with E-state index in [9.17, 15) is 4.79 Å². The van der Waals surface area contributed by atoms with E-state index in [1.165, 1.54) is 0 Å². The first-order chi connectivity index (χ1) is 8.84. The lowest BCUT2D eigenvalue weighted by Gasteiger charge is -2.04. The molecule has 0 spiro atoms. The fourth-order valence-corrected chi connectivity index (χ4v) is 2.02. The van der Waals surface area contributed by atoms with Crippen molar-refractivity contribution in [1.29, 1.82) is 0 Å². The van der Waals surface area contributed by atoms with Crippen LogP contribution in [0.15, 0.2) is 59.5 Å². The molecule has 3 rings (SSSR count). The Morgan fingerprint density at radius 3 is 2.94 bits per heavy atom. The molecule has 0 unspecified atom stereocenters. The van der Waals surface area contributed by atoms with Crippen LogP contribution >= 0.6 is 0 Å². The van der Waals surface area contributed by atoms with Crippen LogP contribution in [0.25, 0.3) is 10.9 Å². The zero-order valence-electron chi connectivity index (χ0n) is 9.67. The number of hydrogen-bond acceptors (Lipinski definition) is 3. The Labute approximate surface area is 104 Å². The molecule has 88 valence electrons. The third-order valence-corrected chi connectivity index (χ3v) is 2.89. The van der Waals surface area contributed by atoms with Gasteiger partial charge in [0, 0.05) is 23.6 Å². The molecule has 0 saturated heterocycles. The number of carbonyl (C=O) groups is 1. The molecule has 3 heteroatoms. The maximum absolute atomic E-state index is 12.3. The summed E-state index contributed by atoms with van der Waals surface area (Å²) in [5.41, 5.74) is 2.44. The molecule has 3 aromatic rings. The first kappa shape index (κ1) is 10.7. The summed E-state index contributed by atoms with van der Waals surface area (Å²) >= 11 is 0. The maximum Gasteiger partial charge on any atom is 0.168 e. The highest BCUT2D eigenvalue weighted by molar-refractivity contribution is 6.08. The van der Waals surface area contributed by atoms with Crippen molar-refractivity contribution in [1.82, 2.24) is 4.98 Å². The van der Waals surface area contributed by atoms with Crippen molar-refractivity contribution < 1.29 is 9.21 Å². The van der Waals surface area contributed by atoms with Crippen molar-refractivity contribution >= 4 is 16.7 Å². The molecule has 0 aliphatic rings. The average molecular weight is 237 g/mol. The van der Waals surface area contributed by atoms with Gasteiger partial charge in [0.15, 0.2) is 5.78 Å². The molecule has 0 saturated carbocycles. The van der Waals surface area contributed by atoms with E-state index in [2.05, 4.69) is 4.98 Å². The third-order valence-electron chi connectivity index (χ3n) is 2.89. The van der Waals surface area contributed by atoms with Crippen LogP contribution in [-0.2, 0) is 6.42 Å². The molecular weight excluding hydrogens is 226 g/mol. The molecular formula is C15H11NO2. The molecule has 0 atom stereocenters. The fraction of sp³-hybridized carbons (Fsp3) is 0.0667. The molecule has 0 aliphatic carbocycles. The number of nitrogens with zero attached hydrogens (tertiary/aromatic N) is 1. The van der Waals surface area contributed by atoms with E-state index in [1.807, 2.05) is 30.3 Å². The van der Waals surface area contributed by atoms with E-state index >= 15 is 0 Å². The van der Waals surface area contributed by atoms with Crippen LogP contribution < -0.4 is 0 Å². The Kier molecular flexibility index (Phi) is 2.65. The van der Waals surface area contributed by atoms with Crippen LogP contribution in [0, 0.1) is 0 Å². The Balaban J connectivity index is 2.01. The summed E-state index contributed by atoms with van der Waals surface area (Å²) < 4.78 is 4.97. The van der Waals surface area contributed by atoms with Crippen LogP contribution in [0.4, 0.5) is 0 Å². The van der Waals surface area contributed by atoms with Gasteiger partial charge in [0.25, 0.3) is 0 Å². The van der Waals surface area contributed by atoms with E-state index in [4.69, 9.17) is 4.42 Å². The second-order valence-corrected chi connectivity index (χ2v) is 4.11. The smallest absolute Gasteiger partial charge is 0.168 e. The van der Waals surface area contributed by atoms with Gasteiger partial charge in [0.1, 0.15) is 0 Å². The molecule has 0 fully saturated rings. The first-order valence-electron chi connectivity index (χ1n) is 5.72. The number of fused-ring (bicyclic) bond motifs is 1. The highest BCUT2D eigenvalue weighted by Gasteiger charge is 2.11. The molecule has 2 heterocycles. The van der Waals surface area contributed by atoms with Crippen LogP contribution in [-0.4, -0.2) is 10.8 Å². The van der Waals surface area contributed by atoms with Gasteiger partial charge in [0.05, 0.1) is 18.0 Å². The van der Waals surface area contributed by atoms with Gasteiger partial charge in [0.2, 0.25) is 0 Å². The second kappa shape index (κ2) is 4.45. The zero-order chi connectivity index (χ0) is 12.4. The Morgan fingerprint density at radius 2 is 2.11 bits per heavy atom. The van der Waals surface area contributed by atoms with E-state index in [0.717, 1.165) is 16.5 Å². The Bertz CT molecular complexity index is 681. The molecule has 3 nitrogen and oxygen atoms in total. The van der Waals surface area contributed by atoms with Crippen molar-refractivity contribution in [2.75, 3.05) is 0 Å². The summed E-state index contributed by atoms with van der Waals surface area (Å²) in [4.78, 5) is 16.5. The number of benzene rings is 1. The van der Waals surface area contributed by atoms with Crippen LogP contribution in [0.2, 0.25) is 0 Å². The van der Waals surface area contributed by atoms with E-state index < -0.39 is 0 Å². The predicted octanol–water partition coefficient (Wildman–Crippen LogP) is 3.25. The van der Waals surface area contributed by atoms with Crippen molar-refractivity contribution in [2.45, 2.75) is 6.42 Å². The topological polar surface area (TPSA) is 43.1 Å². The largest absolute Gasteiger partial charge is 0.472 e. The summed E-state index contributed by atoms with van der Waals surface area (Å²) in [6.07, 6.45) is 5.26. The van der Waals surface area contributed by atoms with Crippen LogP contribution in [0.1, 0.15) is 15.9 Å². The van der Waals surface area contributed by atoms with Gasteiger partial charge in [-0.05, 0) is 23.8 Å². The minimum atomic E-state index is 0.0787. The molecule has 0 radical (unpaired) electrons. The van der Waals surface area contributed by atoms with Crippen LogP contribution in [0.5, 0.6) is 0 Å². The van der Waals surface area contributed by atoms with E-state index in [-0.39, 0.29) is 5.78 Å². The normalized spacial score (nSPS) is 10.7. The van der Waals surface area contributed by atoms with Crippen molar-refractivity contribution in [2.24, 2.45) is 0 Å². The van der Waals surface area contributed by atoms with Gasteiger partial charge in [-0.3, -0.25) is 9.78 Å². The van der Waals surface area contributed by atoms with E-state index in [0.29, 0.717) is 12.0 Å². The third kappa shape index (κ3) is 1.91. The van der Waals surface area contributed by atoms with Crippen LogP contribution in [0.3, 0.4) is 0 Å².